The van der Waals surface area contributed by atoms with E-state index in [0.717, 1.165) is 6.42 Å². The van der Waals surface area contributed by atoms with Crippen molar-refractivity contribution in [1.29, 1.82) is 0 Å². The Labute approximate surface area is 138 Å². The van der Waals surface area contributed by atoms with Crippen molar-refractivity contribution < 1.29 is 0 Å². The largest absolute Gasteiger partial charge is 0.0952 e. The van der Waals surface area contributed by atoms with Gasteiger partial charge in [-0.25, -0.2) is 0 Å². The average Bonchev–Trinajstić information content (AvgIpc) is 2.52. The normalized spacial score (nSPS) is 16.3. The van der Waals surface area contributed by atoms with Crippen LogP contribution in [0.2, 0.25) is 0 Å². The molecule has 0 spiro atoms. The standard InChI is InChI=1S/C22H34/c1-7-18(4)20(6)16-22(17(2)3)19(5)12-11-15-21-13-9-8-10-14-21/h7,13,16H,5,8-12,14-15H2,1-4,6H3/b18-7+,20-16+. The summed E-state index contributed by atoms with van der Waals surface area (Å²) in [5.41, 5.74) is 8.36. The Hall–Kier alpha value is -1.30. The summed E-state index contributed by atoms with van der Waals surface area (Å²) in [4.78, 5) is 0. The summed E-state index contributed by atoms with van der Waals surface area (Å²) in [5, 5.41) is 0. The topological polar surface area (TPSA) is 0 Å². The number of rotatable bonds is 7. The fourth-order valence-corrected chi connectivity index (χ4v) is 2.95. The van der Waals surface area contributed by atoms with Gasteiger partial charge in [0.25, 0.3) is 0 Å². The van der Waals surface area contributed by atoms with E-state index in [9.17, 15) is 0 Å². The average molecular weight is 299 g/mol. The predicted molar refractivity (Wildman–Crippen MR) is 101 cm³/mol. The van der Waals surface area contributed by atoms with Crippen molar-refractivity contribution in [2.45, 2.75) is 79.6 Å². The molecule has 1 aliphatic rings. The summed E-state index contributed by atoms with van der Waals surface area (Å²) in [7, 11) is 0. The highest BCUT2D eigenvalue weighted by molar-refractivity contribution is 5.46. The molecular weight excluding hydrogens is 264 g/mol. The quantitative estimate of drug-likeness (QED) is 0.338. The van der Waals surface area contributed by atoms with Crippen molar-refractivity contribution in [3.8, 4) is 0 Å². The lowest BCUT2D eigenvalue weighted by molar-refractivity contribution is 0.659. The van der Waals surface area contributed by atoms with Crippen molar-refractivity contribution in [2.24, 2.45) is 0 Å². The molecule has 0 aliphatic heterocycles. The monoisotopic (exact) mass is 298 g/mol. The molecule has 0 unspecified atom stereocenters. The SMILES string of the molecule is C=C(CCCC1=CCCCC1)C(/C=C(C)/C(C)=C/C)=C(C)C. The second-order valence-electron chi connectivity index (χ2n) is 6.78. The number of allylic oxidation sites excluding steroid dienone is 9. The van der Waals surface area contributed by atoms with Crippen LogP contribution < -0.4 is 0 Å². The van der Waals surface area contributed by atoms with Crippen molar-refractivity contribution >= 4 is 0 Å². The summed E-state index contributed by atoms with van der Waals surface area (Å²) in [6.45, 7) is 15.2. The zero-order valence-electron chi connectivity index (χ0n) is 15.4. The summed E-state index contributed by atoms with van der Waals surface area (Å²) >= 11 is 0. The van der Waals surface area contributed by atoms with E-state index in [1.165, 1.54) is 66.4 Å². The Morgan fingerprint density at radius 3 is 2.41 bits per heavy atom. The summed E-state index contributed by atoms with van der Waals surface area (Å²) in [6, 6.07) is 0. The molecule has 0 aromatic rings. The van der Waals surface area contributed by atoms with E-state index in [2.05, 4.69) is 59.4 Å². The van der Waals surface area contributed by atoms with E-state index in [4.69, 9.17) is 0 Å². The van der Waals surface area contributed by atoms with Gasteiger partial charge in [-0.15, -0.1) is 0 Å². The van der Waals surface area contributed by atoms with Gasteiger partial charge in [-0.3, -0.25) is 0 Å². The fraction of sp³-hybridized carbons (Fsp3) is 0.545. The zero-order chi connectivity index (χ0) is 16.5. The van der Waals surface area contributed by atoms with Crippen molar-refractivity contribution in [1.82, 2.24) is 0 Å². The summed E-state index contributed by atoms with van der Waals surface area (Å²) < 4.78 is 0. The fourth-order valence-electron chi connectivity index (χ4n) is 2.95. The molecule has 0 aromatic heterocycles. The minimum absolute atomic E-state index is 1.11. The molecule has 0 heteroatoms. The molecule has 0 saturated heterocycles. The first-order valence-corrected chi connectivity index (χ1v) is 8.80. The first-order valence-electron chi connectivity index (χ1n) is 8.80. The van der Waals surface area contributed by atoms with E-state index in [1.807, 2.05) is 0 Å². The van der Waals surface area contributed by atoms with Gasteiger partial charge in [0, 0.05) is 0 Å². The molecule has 22 heavy (non-hydrogen) atoms. The van der Waals surface area contributed by atoms with Crippen molar-refractivity contribution in [2.75, 3.05) is 0 Å². The van der Waals surface area contributed by atoms with Crippen LogP contribution in [0, 0.1) is 0 Å². The van der Waals surface area contributed by atoms with Gasteiger partial charge in [0.2, 0.25) is 0 Å². The Morgan fingerprint density at radius 1 is 1.14 bits per heavy atom. The third-order valence-corrected chi connectivity index (χ3v) is 4.70. The molecular formula is C22H34. The Kier molecular flexibility index (Phi) is 8.24. The van der Waals surface area contributed by atoms with E-state index >= 15 is 0 Å². The molecule has 0 heterocycles. The van der Waals surface area contributed by atoms with Crippen LogP contribution in [0.3, 0.4) is 0 Å². The molecule has 0 saturated carbocycles. The van der Waals surface area contributed by atoms with Crippen LogP contribution in [-0.4, -0.2) is 0 Å². The molecule has 0 fully saturated rings. The highest BCUT2D eigenvalue weighted by Gasteiger charge is 2.07. The van der Waals surface area contributed by atoms with Gasteiger partial charge >= 0.3 is 0 Å². The van der Waals surface area contributed by atoms with Crippen LogP contribution in [0.25, 0.3) is 0 Å². The first kappa shape index (κ1) is 18.7. The molecule has 122 valence electrons. The van der Waals surface area contributed by atoms with Crippen molar-refractivity contribution in [3.05, 3.63) is 58.2 Å². The summed E-state index contributed by atoms with van der Waals surface area (Å²) in [5.74, 6) is 0. The molecule has 0 atom stereocenters. The van der Waals surface area contributed by atoms with Gasteiger partial charge < -0.3 is 0 Å². The van der Waals surface area contributed by atoms with Gasteiger partial charge in [0.1, 0.15) is 0 Å². The maximum atomic E-state index is 4.36. The maximum Gasteiger partial charge on any atom is -0.0241 e. The molecule has 1 aliphatic carbocycles. The molecule has 0 radical (unpaired) electrons. The highest BCUT2D eigenvalue weighted by Crippen LogP contribution is 2.26. The Balaban J connectivity index is 2.63. The molecule has 0 bridgehead atoms. The van der Waals surface area contributed by atoms with Crippen LogP contribution in [-0.2, 0) is 0 Å². The van der Waals surface area contributed by atoms with Crippen molar-refractivity contribution in [3.63, 3.8) is 0 Å². The molecule has 0 nitrogen and oxygen atoms in total. The van der Waals surface area contributed by atoms with Gasteiger partial charge in [0.05, 0.1) is 0 Å². The minimum Gasteiger partial charge on any atom is -0.0952 e. The van der Waals surface area contributed by atoms with Gasteiger partial charge in [-0.2, -0.15) is 0 Å². The lowest BCUT2D eigenvalue weighted by Gasteiger charge is -2.14. The smallest absolute Gasteiger partial charge is 0.0241 e. The lowest BCUT2D eigenvalue weighted by Crippen LogP contribution is -1.95. The van der Waals surface area contributed by atoms with Crippen LogP contribution in [0.15, 0.2) is 58.2 Å². The van der Waals surface area contributed by atoms with Crippen LogP contribution in [0.5, 0.6) is 0 Å². The van der Waals surface area contributed by atoms with Gasteiger partial charge in [0.15, 0.2) is 0 Å². The molecule has 0 N–H and O–H groups in total. The van der Waals surface area contributed by atoms with E-state index in [-0.39, 0.29) is 0 Å². The number of hydrogen-bond donors (Lipinski definition) is 0. The predicted octanol–water partition coefficient (Wildman–Crippen LogP) is 7.46. The van der Waals surface area contributed by atoms with E-state index < -0.39 is 0 Å². The van der Waals surface area contributed by atoms with E-state index in [1.54, 1.807) is 5.57 Å². The number of hydrogen-bond acceptors (Lipinski definition) is 0. The third kappa shape index (κ3) is 6.22. The second-order valence-corrected chi connectivity index (χ2v) is 6.78. The first-order chi connectivity index (χ1) is 10.5. The molecule has 1 rings (SSSR count). The molecule has 0 amide bonds. The van der Waals surface area contributed by atoms with Crippen LogP contribution >= 0.6 is 0 Å². The maximum absolute atomic E-state index is 4.36. The van der Waals surface area contributed by atoms with Gasteiger partial charge in [-0.1, -0.05) is 41.5 Å². The highest BCUT2D eigenvalue weighted by atomic mass is 14.1. The minimum atomic E-state index is 1.11. The van der Waals surface area contributed by atoms with Crippen LogP contribution in [0.4, 0.5) is 0 Å². The second kappa shape index (κ2) is 9.66. The van der Waals surface area contributed by atoms with Gasteiger partial charge in [-0.05, 0) is 96.3 Å². The Bertz CT molecular complexity index is 502. The van der Waals surface area contributed by atoms with E-state index in [0.29, 0.717) is 0 Å². The van der Waals surface area contributed by atoms with Crippen LogP contribution in [0.1, 0.15) is 79.6 Å². The zero-order valence-corrected chi connectivity index (χ0v) is 15.4. The Morgan fingerprint density at radius 2 is 1.86 bits per heavy atom. The summed E-state index contributed by atoms with van der Waals surface area (Å²) in [6.07, 6.45) is 15.9. The lowest BCUT2D eigenvalue weighted by atomic mass is 9.91. The third-order valence-electron chi connectivity index (χ3n) is 4.70. The molecule has 0 aromatic carbocycles.